The van der Waals surface area contributed by atoms with E-state index >= 15 is 0 Å². The van der Waals surface area contributed by atoms with E-state index in [-0.39, 0.29) is 24.7 Å². The Morgan fingerprint density at radius 2 is 1.64 bits per heavy atom. The second-order valence-electron chi connectivity index (χ2n) is 6.65. The maximum Gasteiger partial charge on any atom is 0.431 e. The molecule has 0 aromatic heterocycles. The second-order valence-corrected chi connectivity index (χ2v) is 6.65. The number of ether oxygens (including phenoxy) is 1. The first-order valence-corrected chi connectivity index (χ1v) is 9.38. The van der Waals surface area contributed by atoms with E-state index in [1.165, 1.54) is 0 Å². The molecule has 2 amide bonds. The first-order chi connectivity index (χ1) is 13.7. The lowest BCUT2D eigenvalue weighted by atomic mass is 10.0. The lowest BCUT2D eigenvalue weighted by molar-refractivity contribution is -0.124. The van der Waals surface area contributed by atoms with Crippen molar-refractivity contribution in [1.29, 1.82) is 0 Å². The highest BCUT2D eigenvalue weighted by molar-refractivity contribution is 5.81. The van der Waals surface area contributed by atoms with Crippen LogP contribution in [-0.2, 0) is 27.5 Å². The highest BCUT2D eigenvalue weighted by atomic mass is 16.7. The van der Waals surface area contributed by atoms with Gasteiger partial charge in [0.1, 0.15) is 6.10 Å². The quantitative estimate of drug-likeness (QED) is 0.639. The zero-order valence-electron chi connectivity index (χ0n) is 15.6. The minimum Gasteiger partial charge on any atom is -0.443 e. The van der Waals surface area contributed by atoms with Gasteiger partial charge in [0.05, 0.1) is 12.6 Å². The van der Waals surface area contributed by atoms with E-state index in [0.717, 1.165) is 11.1 Å². The molecular weight excluding hydrogens is 358 g/mol. The van der Waals surface area contributed by atoms with Crippen LogP contribution in [0.5, 0.6) is 0 Å². The Kier molecular flexibility index (Phi) is 7.40. The van der Waals surface area contributed by atoms with Crippen LogP contribution in [0.2, 0.25) is 0 Å². The lowest BCUT2D eigenvalue weighted by Gasteiger charge is -2.28. The predicted molar refractivity (Wildman–Crippen MR) is 104 cm³/mol. The fourth-order valence-electron chi connectivity index (χ4n) is 2.99. The average molecular weight is 383 g/mol. The van der Waals surface area contributed by atoms with Crippen molar-refractivity contribution in [2.24, 2.45) is 0 Å². The summed E-state index contributed by atoms with van der Waals surface area (Å²) in [5.41, 5.74) is 4.29. The van der Waals surface area contributed by atoms with Crippen LogP contribution in [0.25, 0.3) is 0 Å². The standard InChI is InChI=1S/C21H25N3O4/c25-20(23-13-16-7-3-1-4-8-16)19-12-11-18(14-22-19)28-21(26)24-27-15-17-9-5-2-6-10-17/h1-10,18-19,22H,11-15H2,(H,23,25)(H,24,26)/t18-,19+/m1/s1. The zero-order chi connectivity index (χ0) is 19.6. The predicted octanol–water partition coefficient (Wildman–Crippen LogP) is 2.28. The molecule has 7 nitrogen and oxygen atoms in total. The van der Waals surface area contributed by atoms with Gasteiger partial charge in [-0.05, 0) is 24.0 Å². The third-order valence-electron chi connectivity index (χ3n) is 4.51. The SMILES string of the molecule is O=C(NOCc1ccccc1)O[C@@H]1CC[C@@H](C(=O)NCc2ccccc2)NC1. The third-order valence-corrected chi connectivity index (χ3v) is 4.51. The van der Waals surface area contributed by atoms with E-state index in [4.69, 9.17) is 9.57 Å². The van der Waals surface area contributed by atoms with Crippen LogP contribution in [0.15, 0.2) is 60.7 Å². The van der Waals surface area contributed by atoms with E-state index < -0.39 is 6.09 Å². The number of benzene rings is 2. The second kappa shape index (κ2) is 10.4. The van der Waals surface area contributed by atoms with Gasteiger partial charge >= 0.3 is 6.09 Å². The number of hydroxylamine groups is 1. The fraction of sp³-hybridized carbons (Fsp3) is 0.333. The Morgan fingerprint density at radius 3 is 2.29 bits per heavy atom. The average Bonchev–Trinajstić information content (AvgIpc) is 2.74. The molecule has 0 radical (unpaired) electrons. The Hall–Kier alpha value is -2.90. The number of hydrogen-bond donors (Lipinski definition) is 3. The summed E-state index contributed by atoms with van der Waals surface area (Å²) in [6.45, 7) is 1.19. The van der Waals surface area contributed by atoms with Crippen LogP contribution >= 0.6 is 0 Å². The summed E-state index contributed by atoms with van der Waals surface area (Å²) in [4.78, 5) is 29.2. The van der Waals surface area contributed by atoms with Crippen LogP contribution in [0.3, 0.4) is 0 Å². The van der Waals surface area contributed by atoms with E-state index in [1.807, 2.05) is 60.7 Å². The van der Waals surface area contributed by atoms with Crippen molar-refractivity contribution in [2.75, 3.05) is 6.54 Å². The van der Waals surface area contributed by atoms with Crippen LogP contribution < -0.4 is 16.1 Å². The zero-order valence-corrected chi connectivity index (χ0v) is 15.6. The largest absolute Gasteiger partial charge is 0.443 e. The molecule has 0 aliphatic carbocycles. The maximum atomic E-state index is 12.3. The molecule has 1 aliphatic heterocycles. The molecule has 3 N–H and O–H groups in total. The van der Waals surface area contributed by atoms with Gasteiger partial charge in [0, 0.05) is 13.1 Å². The molecule has 0 unspecified atom stereocenters. The van der Waals surface area contributed by atoms with Gasteiger partial charge < -0.3 is 15.4 Å². The van der Waals surface area contributed by atoms with Gasteiger partial charge in [-0.2, -0.15) is 5.48 Å². The molecule has 1 aliphatic rings. The third kappa shape index (κ3) is 6.37. The molecule has 1 fully saturated rings. The topological polar surface area (TPSA) is 88.7 Å². The molecule has 1 saturated heterocycles. The number of rotatable bonds is 7. The monoisotopic (exact) mass is 383 g/mol. The van der Waals surface area contributed by atoms with Crippen LogP contribution in [0.4, 0.5) is 4.79 Å². The Balaban J connectivity index is 1.31. The number of carbonyl (C=O) groups excluding carboxylic acids is 2. The normalized spacial score (nSPS) is 18.9. The summed E-state index contributed by atoms with van der Waals surface area (Å²) in [5, 5.41) is 6.06. The molecular formula is C21H25N3O4. The van der Waals surface area contributed by atoms with Crippen molar-refractivity contribution in [1.82, 2.24) is 16.1 Å². The first kappa shape index (κ1) is 19.9. The minimum absolute atomic E-state index is 0.0436. The number of piperidine rings is 1. The van der Waals surface area contributed by atoms with Gasteiger partial charge in [0.2, 0.25) is 5.91 Å². The highest BCUT2D eigenvalue weighted by Crippen LogP contribution is 2.12. The number of carbonyl (C=O) groups is 2. The van der Waals surface area contributed by atoms with Crippen LogP contribution in [-0.4, -0.2) is 30.7 Å². The van der Waals surface area contributed by atoms with E-state index in [0.29, 0.717) is 25.9 Å². The number of nitrogens with one attached hydrogen (secondary N) is 3. The highest BCUT2D eigenvalue weighted by Gasteiger charge is 2.27. The Bertz CT molecular complexity index is 747. The summed E-state index contributed by atoms with van der Waals surface area (Å²) in [6.07, 6.45) is 0.291. The van der Waals surface area contributed by atoms with Gasteiger partial charge in [-0.1, -0.05) is 60.7 Å². The number of hydrogen-bond acceptors (Lipinski definition) is 5. The molecule has 7 heteroatoms. The molecule has 0 saturated carbocycles. The van der Waals surface area contributed by atoms with E-state index in [1.54, 1.807) is 0 Å². The van der Waals surface area contributed by atoms with Crippen molar-refractivity contribution < 1.29 is 19.2 Å². The summed E-state index contributed by atoms with van der Waals surface area (Å²) in [5.74, 6) is -0.0436. The molecule has 1 heterocycles. The summed E-state index contributed by atoms with van der Waals surface area (Å²) in [7, 11) is 0. The van der Waals surface area contributed by atoms with Crippen LogP contribution in [0, 0.1) is 0 Å². The molecule has 3 rings (SSSR count). The Labute approximate surface area is 164 Å². The van der Waals surface area contributed by atoms with Crippen molar-refractivity contribution in [3.8, 4) is 0 Å². The molecule has 148 valence electrons. The smallest absolute Gasteiger partial charge is 0.431 e. The summed E-state index contributed by atoms with van der Waals surface area (Å²) in [6, 6.07) is 19.0. The molecule has 0 bridgehead atoms. The van der Waals surface area contributed by atoms with Gasteiger partial charge in [-0.15, -0.1) is 0 Å². The maximum absolute atomic E-state index is 12.3. The van der Waals surface area contributed by atoms with Crippen molar-refractivity contribution in [2.45, 2.75) is 38.1 Å². The van der Waals surface area contributed by atoms with Crippen molar-refractivity contribution in [3.05, 3.63) is 71.8 Å². The van der Waals surface area contributed by atoms with Gasteiger partial charge in [-0.3, -0.25) is 9.63 Å². The summed E-state index contributed by atoms with van der Waals surface area (Å²) >= 11 is 0. The van der Waals surface area contributed by atoms with E-state index in [9.17, 15) is 9.59 Å². The van der Waals surface area contributed by atoms with E-state index in [2.05, 4.69) is 16.1 Å². The van der Waals surface area contributed by atoms with Crippen molar-refractivity contribution >= 4 is 12.0 Å². The molecule has 2 aromatic rings. The molecule has 2 atom stereocenters. The lowest BCUT2D eigenvalue weighted by Crippen LogP contribution is -2.51. The van der Waals surface area contributed by atoms with Gasteiger partial charge in [0.15, 0.2) is 0 Å². The Morgan fingerprint density at radius 1 is 0.964 bits per heavy atom. The molecule has 0 spiro atoms. The first-order valence-electron chi connectivity index (χ1n) is 9.38. The number of amides is 2. The van der Waals surface area contributed by atoms with Crippen molar-refractivity contribution in [3.63, 3.8) is 0 Å². The van der Waals surface area contributed by atoms with Crippen LogP contribution in [0.1, 0.15) is 24.0 Å². The molecule has 28 heavy (non-hydrogen) atoms. The summed E-state index contributed by atoms with van der Waals surface area (Å²) < 4.78 is 5.32. The molecule has 2 aromatic carbocycles. The fourth-order valence-corrected chi connectivity index (χ4v) is 2.99. The van der Waals surface area contributed by atoms with Gasteiger partial charge in [0.25, 0.3) is 0 Å². The minimum atomic E-state index is -0.630. The van der Waals surface area contributed by atoms with Gasteiger partial charge in [-0.25, -0.2) is 4.79 Å².